The Morgan fingerprint density at radius 3 is 2.65 bits per heavy atom. The fourth-order valence-corrected chi connectivity index (χ4v) is 6.37. The summed E-state index contributed by atoms with van der Waals surface area (Å²) in [5.74, 6) is 1.01. The van der Waals surface area contributed by atoms with Crippen LogP contribution in [0.3, 0.4) is 0 Å². The van der Waals surface area contributed by atoms with Crippen LogP contribution in [-0.4, -0.2) is 61.0 Å². The number of aromatic nitrogens is 2. The van der Waals surface area contributed by atoms with Crippen molar-refractivity contribution < 1.29 is 17.9 Å². The van der Waals surface area contributed by atoms with E-state index in [1.54, 1.807) is 18.3 Å². The number of rotatable bonds is 8. The second-order valence-electron chi connectivity index (χ2n) is 9.93. The van der Waals surface area contributed by atoms with E-state index >= 15 is 0 Å². The number of piperidine rings is 3. The molecule has 3 aliphatic rings. The van der Waals surface area contributed by atoms with Crippen LogP contribution in [0.1, 0.15) is 47.7 Å². The van der Waals surface area contributed by atoms with Gasteiger partial charge in [0.2, 0.25) is 10.0 Å². The molecule has 11 heteroatoms. The van der Waals surface area contributed by atoms with E-state index in [1.807, 2.05) is 25.3 Å². The third-order valence-corrected chi connectivity index (χ3v) is 8.64. The average molecular weight is 542 g/mol. The minimum absolute atomic E-state index is 0.0340. The normalized spacial score (nSPS) is 21.2. The molecule has 1 unspecified atom stereocenters. The van der Waals surface area contributed by atoms with Crippen LogP contribution in [-0.2, 0) is 16.4 Å². The molecule has 3 fully saturated rings. The topological polar surface area (TPSA) is 128 Å². The van der Waals surface area contributed by atoms with Gasteiger partial charge in [-0.15, -0.1) is 11.3 Å². The quantitative estimate of drug-likeness (QED) is 0.449. The summed E-state index contributed by atoms with van der Waals surface area (Å²) in [5.41, 5.74) is 2.63. The van der Waals surface area contributed by atoms with Crippen molar-refractivity contribution in [1.82, 2.24) is 20.2 Å². The zero-order valence-corrected chi connectivity index (χ0v) is 22.5. The summed E-state index contributed by atoms with van der Waals surface area (Å²) < 4.78 is 29.6. The van der Waals surface area contributed by atoms with Crippen LogP contribution < -0.4 is 15.2 Å². The predicted molar refractivity (Wildman–Crippen MR) is 142 cm³/mol. The van der Waals surface area contributed by atoms with Gasteiger partial charge in [0.1, 0.15) is 11.4 Å². The van der Waals surface area contributed by atoms with Gasteiger partial charge < -0.3 is 15.0 Å². The molecule has 0 radical (unpaired) electrons. The molecular weight excluding hydrogens is 510 g/mol. The van der Waals surface area contributed by atoms with E-state index < -0.39 is 10.0 Å². The van der Waals surface area contributed by atoms with E-state index in [4.69, 9.17) is 14.9 Å². The van der Waals surface area contributed by atoms with Crippen LogP contribution in [0.5, 0.6) is 5.75 Å². The Morgan fingerprint density at radius 1 is 1.24 bits per heavy atom. The van der Waals surface area contributed by atoms with Crippen molar-refractivity contribution in [2.75, 3.05) is 19.6 Å². The molecule has 196 valence electrons. The molecule has 3 aromatic rings. The van der Waals surface area contributed by atoms with Gasteiger partial charge in [0.25, 0.3) is 5.91 Å². The van der Waals surface area contributed by atoms with Crippen LogP contribution >= 0.6 is 11.3 Å². The summed E-state index contributed by atoms with van der Waals surface area (Å²) in [4.78, 5) is 24.3. The van der Waals surface area contributed by atoms with Crippen molar-refractivity contribution >= 4 is 27.3 Å². The molecule has 1 amide bonds. The number of sulfonamides is 1. The van der Waals surface area contributed by atoms with Gasteiger partial charge in [-0.05, 0) is 76.0 Å². The number of nitrogens with one attached hydrogen (secondary N) is 1. The monoisotopic (exact) mass is 541 g/mol. The van der Waals surface area contributed by atoms with Crippen LogP contribution in [0.4, 0.5) is 0 Å². The van der Waals surface area contributed by atoms with Crippen LogP contribution in [0, 0.1) is 5.92 Å². The van der Waals surface area contributed by atoms with Gasteiger partial charge in [-0.25, -0.2) is 18.5 Å². The SMILES string of the molecule is CC(C)Oc1ccc(S(N)(=O)=O)cc1Cc1nc(-c2ccc(C(=O)NC3CN4CCC3CC4)nc2)cs1. The number of amides is 1. The van der Waals surface area contributed by atoms with Crippen molar-refractivity contribution in [2.45, 2.75) is 50.2 Å². The lowest BCUT2D eigenvalue weighted by Gasteiger charge is -2.44. The van der Waals surface area contributed by atoms with Crippen LogP contribution in [0.25, 0.3) is 11.3 Å². The molecule has 6 rings (SSSR count). The smallest absolute Gasteiger partial charge is 0.270 e. The number of ether oxygens (including phenoxy) is 1. The van der Waals surface area contributed by atoms with E-state index in [-0.39, 0.29) is 22.9 Å². The lowest BCUT2D eigenvalue weighted by Crippen LogP contribution is -2.57. The van der Waals surface area contributed by atoms with Crippen molar-refractivity contribution in [2.24, 2.45) is 11.1 Å². The third-order valence-electron chi connectivity index (χ3n) is 6.88. The van der Waals surface area contributed by atoms with Crippen molar-refractivity contribution in [3.63, 3.8) is 0 Å². The molecule has 2 bridgehead atoms. The summed E-state index contributed by atoms with van der Waals surface area (Å²) in [5, 5.41) is 11.2. The standard InChI is InChI=1S/C26H31N5O4S2/c1-16(2)35-24-6-4-20(37(27,33)34)11-19(24)12-25-29-23(15-36-25)18-3-5-21(28-13-18)26(32)30-22-14-31-9-7-17(22)8-10-31/h3-6,11,13,15-17,22H,7-10,12,14H2,1-2H3,(H,30,32)(H2,27,33,34). The molecule has 3 saturated heterocycles. The predicted octanol–water partition coefficient (Wildman–Crippen LogP) is 3.05. The van der Waals surface area contributed by atoms with Crippen molar-refractivity contribution in [3.05, 3.63) is 58.2 Å². The maximum atomic E-state index is 12.8. The number of fused-ring (bicyclic) bond motifs is 3. The molecule has 0 spiro atoms. The molecular formula is C26H31N5O4S2. The second kappa shape index (κ2) is 10.5. The summed E-state index contributed by atoms with van der Waals surface area (Å²) >= 11 is 1.46. The van der Waals surface area contributed by atoms with Gasteiger partial charge in [0.05, 0.1) is 21.7 Å². The Bertz CT molecular complexity index is 1380. The third kappa shape index (κ3) is 6.01. The largest absolute Gasteiger partial charge is 0.491 e. The van der Waals surface area contributed by atoms with E-state index in [9.17, 15) is 13.2 Å². The number of hydrogen-bond donors (Lipinski definition) is 2. The highest BCUT2D eigenvalue weighted by Gasteiger charge is 2.35. The summed E-state index contributed by atoms with van der Waals surface area (Å²) in [6.07, 6.45) is 4.27. The Morgan fingerprint density at radius 2 is 2.03 bits per heavy atom. The summed E-state index contributed by atoms with van der Waals surface area (Å²) in [6, 6.07) is 8.39. The summed E-state index contributed by atoms with van der Waals surface area (Å²) in [6.45, 7) is 6.99. The number of thiazole rings is 1. The molecule has 3 aliphatic heterocycles. The molecule has 37 heavy (non-hydrogen) atoms. The van der Waals surface area contributed by atoms with E-state index in [0.717, 1.165) is 48.7 Å². The van der Waals surface area contributed by atoms with Gasteiger partial charge in [0.15, 0.2) is 0 Å². The minimum Gasteiger partial charge on any atom is -0.491 e. The fraction of sp³-hybridized carbons (Fsp3) is 0.423. The van der Waals surface area contributed by atoms with E-state index in [1.165, 1.54) is 23.5 Å². The molecule has 2 aromatic heterocycles. The van der Waals surface area contributed by atoms with Crippen LogP contribution in [0.2, 0.25) is 0 Å². The Labute approximate surface area is 221 Å². The maximum absolute atomic E-state index is 12.8. The highest BCUT2D eigenvalue weighted by atomic mass is 32.2. The molecule has 5 heterocycles. The number of carbonyl (C=O) groups is 1. The number of benzene rings is 1. The van der Waals surface area contributed by atoms with Gasteiger partial charge >= 0.3 is 0 Å². The molecule has 0 saturated carbocycles. The minimum atomic E-state index is -3.84. The zero-order chi connectivity index (χ0) is 26.2. The first-order valence-electron chi connectivity index (χ1n) is 12.4. The first kappa shape index (κ1) is 25.8. The lowest BCUT2D eigenvalue weighted by atomic mass is 9.84. The number of carbonyl (C=O) groups excluding carboxylic acids is 1. The second-order valence-corrected chi connectivity index (χ2v) is 12.4. The molecule has 1 aromatic carbocycles. The number of nitrogens with two attached hydrogens (primary N) is 1. The van der Waals surface area contributed by atoms with Crippen molar-refractivity contribution in [3.8, 4) is 17.0 Å². The lowest BCUT2D eigenvalue weighted by molar-refractivity contribution is 0.0618. The van der Waals surface area contributed by atoms with Gasteiger partial charge in [-0.1, -0.05) is 0 Å². The molecule has 3 N–H and O–H groups in total. The average Bonchev–Trinajstić information content (AvgIpc) is 3.33. The first-order valence-corrected chi connectivity index (χ1v) is 14.8. The highest BCUT2D eigenvalue weighted by molar-refractivity contribution is 7.89. The van der Waals surface area contributed by atoms with E-state index in [2.05, 4.69) is 15.2 Å². The number of primary sulfonamides is 1. The van der Waals surface area contributed by atoms with Gasteiger partial charge in [-0.2, -0.15) is 0 Å². The number of hydrogen-bond acceptors (Lipinski definition) is 8. The molecule has 0 aliphatic carbocycles. The Kier molecular flexibility index (Phi) is 7.30. The molecule has 9 nitrogen and oxygen atoms in total. The fourth-order valence-electron chi connectivity index (χ4n) is 4.98. The Balaban J connectivity index is 1.29. The Hall–Kier alpha value is -2.86. The van der Waals surface area contributed by atoms with Gasteiger partial charge in [-0.3, -0.25) is 9.78 Å². The van der Waals surface area contributed by atoms with E-state index in [0.29, 0.717) is 29.3 Å². The number of pyridine rings is 1. The van der Waals surface area contributed by atoms with Crippen LogP contribution in [0.15, 0.2) is 46.8 Å². The highest BCUT2D eigenvalue weighted by Crippen LogP contribution is 2.30. The first-order chi connectivity index (χ1) is 17.7. The molecule has 1 atom stereocenters. The summed E-state index contributed by atoms with van der Waals surface area (Å²) in [7, 11) is -3.84. The van der Waals surface area contributed by atoms with Crippen molar-refractivity contribution in [1.29, 1.82) is 0 Å². The van der Waals surface area contributed by atoms with Gasteiger partial charge in [0, 0.05) is 41.7 Å². The maximum Gasteiger partial charge on any atom is 0.270 e. The zero-order valence-electron chi connectivity index (χ0n) is 20.9. The number of nitrogens with zero attached hydrogens (tertiary/aromatic N) is 3.